The lowest BCUT2D eigenvalue weighted by Gasteiger charge is -2.19. The van der Waals surface area contributed by atoms with Crippen LogP contribution in [0.3, 0.4) is 0 Å². The van der Waals surface area contributed by atoms with E-state index in [-0.39, 0.29) is 6.04 Å². The van der Waals surface area contributed by atoms with Gasteiger partial charge in [0.25, 0.3) is 5.91 Å². The smallest absolute Gasteiger partial charge is 0.355 e. The van der Waals surface area contributed by atoms with Crippen molar-refractivity contribution in [2.75, 3.05) is 6.61 Å². The lowest BCUT2D eigenvalue weighted by Crippen LogP contribution is -2.31. The normalized spacial score (nSPS) is 16.0. The summed E-state index contributed by atoms with van der Waals surface area (Å²) in [4.78, 5) is 25.0. The number of hydrazone groups is 1. The Morgan fingerprint density at radius 3 is 2.62 bits per heavy atom. The van der Waals surface area contributed by atoms with Crippen LogP contribution in [0.1, 0.15) is 39.8 Å². The van der Waals surface area contributed by atoms with Gasteiger partial charge in [0.1, 0.15) is 17.5 Å². The highest BCUT2D eigenvalue weighted by molar-refractivity contribution is 6.03. The second kappa shape index (κ2) is 7.79. The van der Waals surface area contributed by atoms with E-state index in [1.165, 1.54) is 5.01 Å². The number of carbonyl (C=O) groups is 2. The van der Waals surface area contributed by atoms with Gasteiger partial charge in [-0.05, 0) is 36.8 Å². The number of esters is 1. The van der Waals surface area contributed by atoms with E-state index in [1.54, 1.807) is 42.3 Å². The zero-order valence-corrected chi connectivity index (χ0v) is 16.2. The fourth-order valence-corrected chi connectivity index (χ4v) is 3.30. The molecule has 0 spiro atoms. The van der Waals surface area contributed by atoms with E-state index >= 15 is 0 Å². The molecule has 4 rings (SSSR count). The number of nitrogens with zero attached hydrogens (tertiary/aromatic N) is 3. The average Bonchev–Trinajstić information content (AvgIpc) is 3.46. The van der Waals surface area contributed by atoms with Gasteiger partial charge in [0.2, 0.25) is 0 Å². The van der Waals surface area contributed by atoms with Gasteiger partial charge in [-0.2, -0.15) is 5.10 Å². The third kappa shape index (κ3) is 3.85. The summed E-state index contributed by atoms with van der Waals surface area (Å²) >= 11 is 0. The predicted octanol–water partition coefficient (Wildman–Crippen LogP) is 3.46. The summed E-state index contributed by atoms with van der Waals surface area (Å²) in [5.41, 5.74) is 3.26. The molecule has 3 aromatic rings. The number of carbonyl (C=O) groups excluding carboxylic acids is 2. The number of ether oxygens (including phenoxy) is 1. The second-order valence-electron chi connectivity index (χ2n) is 6.97. The molecule has 1 aliphatic rings. The maximum Gasteiger partial charge on any atom is 0.355 e. The molecule has 7 heteroatoms. The van der Waals surface area contributed by atoms with Crippen LogP contribution in [0.2, 0.25) is 0 Å². The molecule has 2 aromatic heterocycles. The average molecular weight is 391 g/mol. The van der Waals surface area contributed by atoms with Crippen molar-refractivity contribution < 1.29 is 18.7 Å². The summed E-state index contributed by atoms with van der Waals surface area (Å²) in [6, 6.07) is 14.6. The van der Waals surface area contributed by atoms with E-state index in [0.717, 1.165) is 16.8 Å². The molecule has 0 radical (unpaired) electrons. The number of hydrogen-bond acceptors (Lipinski definition) is 5. The van der Waals surface area contributed by atoms with Gasteiger partial charge >= 0.3 is 5.97 Å². The highest BCUT2D eigenvalue weighted by Gasteiger charge is 2.35. The summed E-state index contributed by atoms with van der Waals surface area (Å²) in [5, 5.41) is 5.88. The van der Waals surface area contributed by atoms with E-state index in [2.05, 4.69) is 5.10 Å². The van der Waals surface area contributed by atoms with Crippen molar-refractivity contribution in [3.8, 4) is 0 Å². The molecular weight excluding hydrogens is 370 g/mol. The standard InChI is InChI=1S/C22H21N3O4/c1-15-7-9-16(10-8-15)17-13-19(20-6-4-12-28-20)25(23-17)21(26)14-29-22(27)18-5-3-11-24(18)2/h3-12,19H,13-14H2,1-2H3/t19-/m1/s1. The molecule has 1 amide bonds. The number of aryl methyl sites for hydroxylation is 2. The summed E-state index contributed by atoms with van der Waals surface area (Å²) in [7, 11) is 1.74. The maximum absolute atomic E-state index is 12.8. The minimum atomic E-state index is -0.553. The molecule has 29 heavy (non-hydrogen) atoms. The minimum absolute atomic E-state index is 0.373. The number of aromatic nitrogens is 1. The summed E-state index contributed by atoms with van der Waals surface area (Å²) in [6.45, 7) is 1.62. The molecule has 1 aliphatic heterocycles. The van der Waals surface area contributed by atoms with Crippen LogP contribution in [-0.4, -0.2) is 33.8 Å². The Kier molecular flexibility index (Phi) is 5.03. The molecule has 0 saturated carbocycles. The van der Waals surface area contributed by atoms with Crippen molar-refractivity contribution in [3.63, 3.8) is 0 Å². The van der Waals surface area contributed by atoms with Gasteiger partial charge in [-0.15, -0.1) is 0 Å². The number of amides is 1. The number of benzene rings is 1. The second-order valence-corrected chi connectivity index (χ2v) is 6.97. The number of hydrogen-bond donors (Lipinski definition) is 0. The Hall–Kier alpha value is -3.61. The Balaban J connectivity index is 1.52. The van der Waals surface area contributed by atoms with Gasteiger partial charge in [0, 0.05) is 19.7 Å². The van der Waals surface area contributed by atoms with Crippen LogP contribution in [0.5, 0.6) is 0 Å². The van der Waals surface area contributed by atoms with Gasteiger partial charge in [-0.3, -0.25) is 4.79 Å². The summed E-state index contributed by atoms with van der Waals surface area (Å²) < 4.78 is 12.4. The van der Waals surface area contributed by atoms with E-state index in [4.69, 9.17) is 9.15 Å². The predicted molar refractivity (Wildman–Crippen MR) is 106 cm³/mol. The zero-order valence-electron chi connectivity index (χ0n) is 16.2. The van der Waals surface area contributed by atoms with Crippen LogP contribution < -0.4 is 0 Å². The SMILES string of the molecule is Cc1ccc(C2=NN(C(=O)COC(=O)c3cccn3C)[C@@H](c3ccco3)C2)cc1. The van der Waals surface area contributed by atoms with Crippen LogP contribution >= 0.6 is 0 Å². The molecule has 1 atom stereocenters. The molecule has 0 saturated heterocycles. The molecular formula is C22H21N3O4. The zero-order chi connectivity index (χ0) is 20.4. The number of furan rings is 1. The van der Waals surface area contributed by atoms with Crippen molar-refractivity contribution in [1.82, 2.24) is 9.58 Å². The highest BCUT2D eigenvalue weighted by atomic mass is 16.5. The van der Waals surface area contributed by atoms with E-state index in [9.17, 15) is 9.59 Å². The quantitative estimate of drug-likeness (QED) is 0.624. The Morgan fingerprint density at radius 1 is 1.17 bits per heavy atom. The van der Waals surface area contributed by atoms with Gasteiger partial charge in [0.15, 0.2) is 6.61 Å². The van der Waals surface area contributed by atoms with Crippen molar-refractivity contribution in [2.24, 2.45) is 12.1 Å². The fraction of sp³-hybridized carbons (Fsp3) is 0.227. The molecule has 148 valence electrons. The molecule has 1 aromatic carbocycles. The number of rotatable bonds is 5. The topological polar surface area (TPSA) is 77.0 Å². The van der Waals surface area contributed by atoms with Crippen molar-refractivity contribution in [2.45, 2.75) is 19.4 Å². The largest absolute Gasteiger partial charge is 0.467 e. The van der Waals surface area contributed by atoms with Crippen LogP contribution in [0, 0.1) is 6.92 Å². The monoisotopic (exact) mass is 391 g/mol. The van der Waals surface area contributed by atoms with Crippen LogP contribution in [0.4, 0.5) is 0 Å². The third-order valence-corrected chi connectivity index (χ3v) is 4.90. The first-order valence-electron chi connectivity index (χ1n) is 9.31. The van der Waals surface area contributed by atoms with Gasteiger partial charge in [0.05, 0.1) is 12.0 Å². The lowest BCUT2D eigenvalue weighted by atomic mass is 10.0. The van der Waals surface area contributed by atoms with Crippen LogP contribution in [0.25, 0.3) is 0 Å². The summed E-state index contributed by atoms with van der Waals surface area (Å²) in [5.74, 6) is -0.323. The summed E-state index contributed by atoms with van der Waals surface area (Å²) in [6.07, 6.45) is 3.83. The van der Waals surface area contributed by atoms with Crippen molar-refractivity contribution in [1.29, 1.82) is 0 Å². The minimum Gasteiger partial charge on any atom is -0.467 e. The first-order chi connectivity index (χ1) is 14.0. The van der Waals surface area contributed by atoms with Crippen LogP contribution in [0.15, 0.2) is 70.5 Å². The molecule has 0 N–H and O–H groups in total. The van der Waals surface area contributed by atoms with E-state index in [0.29, 0.717) is 17.9 Å². The molecule has 3 heterocycles. The first kappa shape index (κ1) is 18.7. The Labute approximate surface area is 168 Å². The molecule has 7 nitrogen and oxygen atoms in total. The van der Waals surface area contributed by atoms with Crippen LogP contribution in [-0.2, 0) is 16.6 Å². The molecule has 0 unspecified atom stereocenters. The molecule has 0 aliphatic carbocycles. The lowest BCUT2D eigenvalue weighted by molar-refractivity contribution is -0.136. The van der Waals surface area contributed by atoms with Gasteiger partial charge in [-0.1, -0.05) is 29.8 Å². The maximum atomic E-state index is 12.8. The molecule has 0 bridgehead atoms. The van der Waals surface area contributed by atoms with E-state index in [1.807, 2.05) is 37.3 Å². The Bertz CT molecular complexity index is 1050. The van der Waals surface area contributed by atoms with E-state index < -0.39 is 18.5 Å². The van der Waals surface area contributed by atoms with Crippen molar-refractivity contribution >= 4 is 17.6 Å². The van der Waals surface area contributed by atoms with Gasteiger partial charge in [-0.25, -0.2) is 9.80 Å². The third-order valence-electron chi connectivity index (χ3n) is 4.90. The van der Waals surface area contributed by atoms with Gasteiger partial charge < -0.3 is 13.7 Å². The molecule has 0 fully saturated rings. The Morgan fingerprint density at radius 2 is 1.97 bits per heavy atom. The first-order valence-corrected chi connectivity index (χ1v) is 9.31. The fourth-order valence-electron chi connectivity index (χ4n) is 3.30. The van der Waals surface area contributed by atoms with Crippen molar-refractivity contribution in [3.05, 3.63) is 83.6 Å². The highest BCUT2D eigenvalue weighted by Crippen LogP contribution is 2.33.